The van der Waals surface area contributed by atoms with Crippen molar-refractivity contribution in [1.29, 1.82) is 0 Å². The molecule has 5 heteroatoms. The quantitative estimate of drug-likeness (QED) is 0.271. The van der Waals surface area contributed by atoms with Crippen molar-refractivity contribution in [2.45, 2.75) is 50.4 Å². The van der Waals surface area contributed by atoms with Crippen LogP contribution in [0.2, 0.25) is 0 Å². The molecule has 0 spiro atoms. The number of benzene rings is 3. The molecule has 0 aromatic heterocycles. The summed E-state index contributed by atoms with van der Waals surface area (Å²) in [4.78, 5) is 13.9. The first-order valence-corrected chi connectivity index (χ1v) is 13.3. The van der Waals surface area contributed by atoms with Gasteiger partial charge in [-0.15, -0.1) is 0 Å². The number of hydrogen-bond donors (Lipinski definition) is 1. The Morgan fingerprint density at radius 2 is 1.50 bits per heavy atom. The zero-order valence-corrected chi connectivity index (χ0v) is 20.6. The second-order valence-corrected chi connectivity index (χ2v) is 10.7. The minimum absolute atomic E-state index is 0.215. The van der Waals surface area contributed by atoms with Gasteiger partial charge in [0, 0.05) is 30.4 Å². The number of hydrogen-bond acceptors (Lipinski definition) is 4. The molecule has 4 aliphatic rings. The summed E-state index contributed by atoms with van der Waals surface area (Å²) in [6.07, 6.45) is 6.33. The zero-order valence-electron chi connectivity index (χ0n) is 20.6. The predicted octanol–water partition coefficient (Wildman–Crippen LogP) is 5.55. The molecule has 0 radical (unpaired) electrons. The van der Waals surface area contributed by atoms with Gasteiger partial charge < -0.3 is 14.6 Å². The standard InChI is InChI=1S/C31H34NO4/c33-30(31(34)25-13-4-6-15-27(25)35-28-16-7-5-14-26(28)31)36-29-22-24-17-20-32(29,21-18-24)19-9-8-12-23-10-2-1-3-11-23/h1-7,10-11,13-16,24,29,34H,8-9,12,17-22H2/q+1/t24?,29-,32?/m1/s1. The molecule has 3 aromatic rings. The third kappa shape index (κ3) is 4.00. The van der Waals surface area contributed by atoms with Crippen LogP contribution in [0.15, 0.2) is 78.9 Å². The fourth-order valence-electron chi connectivity index (χ4n) is 6.50. The number of ether oxygens (including phenoxy) is 2. The molecule has 3 saturated heterocycles. The van der Waals surface area contributed by atoms with Crippen molar-refractivity contribution < 1.29 is 23.9 Å². The van der Waals surface area contributed by atoms with Crippen LogP contribution in [0.1, 0.15) is 48.8 Å². The highest BCUT2D eigenvalue weighted by Gasteiger charge is 2.54. The molecule has 7 rings (SSSR count). The summed E-state index contributed by atoms with van der Waals surface area (Å²) in [6, 6.07) is 25.1. The molecular weight excluding hydrogens is 450 g/mol. The first-order chi connectivity index (χ1) is 17.6. The Labute approximate surface area is 212 Å². The minimum atomic E-state index is -1.89. The summed E-state index contributed by atoms with van der Waals surface area (Å²) in [5.74, 6) is 0.984. The number of rotatable bonds is 7. The summed E-state index contributed by atoms with van der Waals surface area (Å²) < 4.78 is 13.2. The molecule has 1 N–H and O–H groups in total. The summed E-state index contributed by atoms with van der Waals surface area (Å²) >= 11 is 0. The van der Waals surface area contributed by atoms with E-state index in [1.54, 1.807) is 24.3 Å². The first-order valence-electron chi connectivity index (χ1n) is 13.3. The first kappa shape index (κ1) is 23.3. The highest BCUT2D eigenvalue weighted by molar-refractivity contribution is 5.88. The Hall–Kier alpha value is -3.15. The SMILES string of the molecule is O=C(O[C@@H]1CC2CC[N+]1(CCCCc1ccccc1)CC2)C1(O)c2ccccc2Oc2ccccc21. The van der Waals surface area contributed by atoms with Gasteiger partial charge in [0.2, 0.25) is 11.8 Å². The van der Waals surface area contributed by atoms with Crippen molar-refractivity contribution >= 4 is 5.97 Å². The van der Waals surface area contributed by atoms with Crippen LogP contribution in [0.4, 0.5) is 0 Å². The Morgan fingerprint density at radius 1 is 0.889 bits per heavy atom. The average Bonchev–Trinajstić information content (AvgIpc) is 2.93. The number of nitrogens with zero attached hydrogens (tertiary/aromatic N) is 1. The number of para-hydroxylation sites is 2. The minimum Gasteiger partial charge on any atom is -0.457 e. The molecule has 4 aliphatic heterocycles. The molecule has 36 heavy (non-hydrogen) atoms. The topological polar surface area (TPSA) is 55.8 Å². The van der Waals surface area contributed by atoms with Crippen molar-refractivity contribution in [2.24, 2.45) is 5.92 Å². The second kappa shape index (κ2) is 9.38. The van der Waals surface area contributed by atoms with E-state index in [2.05, 4.69) is 30.3 Å². The summed E-state index contributed by atoms with van der Waals surface area (Å²) in [7, 11) is 0. The smallest absolute Gasteiger partial charge is 0.352 e. The highest BCUT2D eigenvalue weighted by atomic mass is 16.6. The lowest BCUT2D eigenvalue weighted by molar-refractivity contribution is -0.984. The monoisotopic (exact) mass is 484 g/mol. The van der Waals surface area contributed by atoms with Gasteiger partial charge in [-0.2, -0.15) is 0 Å². The van der Waals surface area contributed by atoms with Gasteiger partial charge >= 0.3 is 5.97 Å². The van der Waals surface area contributed by atoms with Crippen LogP contribution in [-0.2, 0) is 21.6 Å². The number of aryl methyl sites for hydroxylation is 1. The van der Waals surface area contributed by atoms with Crippen LogP contribution < -0.4 is 4.74 Å². The number of carbonyl (C=O) groups is 1. The molecule has 0 amide bonds. The fraction of sp³-hybridized carbons (Fsp3) is 0.387. The summed E-state index contributed by atoms with van der Waals surface area (Å²) in [6.45, 7) is 3.09. The van der Waals surface area contributed by atoms with E-state index >= 15 is 0 Å². The normalized spacial score (nSPS) is 25.4. The van der Waals surface area contributed by atoms with Gasteiger partial charge in [-0.1, -0.05) is 66.7 Å². The van der Waals surface area contributed by atoms with E-state index in [1.165, 1.54) is 18.4 Å². The van der Waals surface area contributed by atoms with E-state index in [9.17, 15) is 9.90 Å². The number of aliphatic hydroxyl groups is 1. The number of quaternary nitrogens is 1. The van der Waals surface area contributed by atoms with Crippen LogP contribution in [0, 0.1) is 5.92 Å². The largest absolute Gasteiger partial charge is 0.457 e. The third-order valence-corrected chi connectivity index (χ3v) is 8.59. The maximum Gasteiger partial charge on any atom is 0.352 e. The van der Waals surface area contributed by atoms with Crippen LogP contribution in [-0.4, -0.2) is 41.4 Å². The van der Waals surface area contributed by atoms with Gasteiger partial charge in [0.1, 0.15) is 11.5 Å². The molecular formula is C31H34NO4+. The van der Waals surface area contributed by atoms with Crippen LogP contribution >= 0.6 is 0 Å². The van der Waals surface area contributed by atoms with Crippen molar-refractivity contribution in [3.05, 3.63) is 95.6 Å². The van der Waals surface area contributed by atoms with Crippen LogP contribution in [0.5, 0.6) is 11.5 Å². The molecule has 2 bridgehead atoms. The van der Waals surface area contributed by atoms with Gasteiger partial charge in [0.05, 0.1) is 19.6 Å². The molecule has 0 aliphatic carbocycles. The molecule has 4 heterocycles. The zero-order chi connectivity index (χ0) is 24.6. The molecule has 1 atom stereocenters. The Bertz CT molecular complexity index is 1190. The van der Waals surface area contributed by atoms with Gasteiger partial charge in [-0.25, -0.2) is 4.79 Å². The van der Waals surface area contributed by atoms with Crippen molar-refractivity contribution in [1.82, 2.24) is 0 Å². The lowest BCUT2D eigenvalue weighted by Gasteiger charge is -2.53. The van der Waals surface area contributed by atoms with Crippen molar-refractivity contribution in [2.75, 3.05) is 19.6 Å². The van der Waals surface area contributed by atoms with Crippen LogP contribution in [0.3, 0.4) is 0 Å². The average molecular weight is 485 g/mol. The molecule has 5 nitrogen and oxygen atoms in total. The lowest BCUT2D eigenvalue weighted by Crippen LogP contribution is -2.66. The maximum absolute atomic E-state index is 13.9. The molecule has 186 valence electrons. The fourth-order valence-corrected chi connectivity index (χ4v) is 6.50. The van der Waals surface area contributed by atoms with Gasteiger partial charge in [-0.3, -0.25) is 4.48 Å². The summed E-state index contributed by atoms with van der Waals surface area (Å²) in [5.41, 5.74) is 0.371. The van der Waals surface area contributed by atoms with Crippen molar-refractivity contribution in [3.63, 3.8) is 0 Å². The van der Waals surface area contributed by atoms with Gasteiger partial charge in [0.15, 0.2) is 0 Å². The predicted molar refractivity (Wildman–Crippen MR) is 137 cm³/mol. The van der Waals surface area contributed by atoms with E-state index in [1.807, 2.05) is 24.3 Å². The van der Waals surface area contributed by atoms with E-state index < -0.39 is 11.6 Å². The van der Waals surface area contributed by atoms with E-state index in [0.29, 0.717) is 28.5 Å². The maximum atomic E-state index is 13.9. The lowest BCUT2D eigenvalue weighted by atomic mass is 9.82. The van der Waals surface area contributed by atoms with Gasteiger partial charge in [0.25, 0.3) is 0 Å². The number of fused-ring (bicyclic) bond motifs is 5. The summed E-state index contributed by atoms with van der Waals surface area (Å²) in [5, 5.41) is 12.0. The Balaban J connectivity index is 1.23. The Morgan fingerprint density at radius 3 is 2.17 bits per heavy atom. The van der Waals surface area contributed by atoms with Gasteiger partial charge in [-0.05, 0) is 42.9 Å². The number of unbranched alkanes of at least 4 members (excludes halogenated alkanes) is 1. The van der Waals surface area contributed by atoms with Crippen molar-refractivity contribution in [3.8, 4) is 11.5 Å². The van der Waals surface area contributed by atoms with E-state index in [-0.39, 0.29) is 6.23 Å². The Kier molecular flexibility index (Phi) is 6.06. The number of esters is 1. The third-order valence-electron chi connectivity index (χ3n) is 8.59. The molecule has 0 unspecified atom stereocenters. The molecule has 3 fully saturated rings. The van der Waals surface area contributed by atoms with E-state index in [0.717, 1.165) is 49.8 Å². The highest BCUT2D eigenvalue weighted by Crippen LogP contribution is 2.48. The molecule has 0 saturated carbocycles. The van der Waals surface area contributed by atoms with E-state index in [4.69, 9.17) is 9.47 Å². The number of carbonyl (C=O) groups excluding carboxylic acids is 1. The van der Waals surface area contributed by atoms with Crippen LogP contribution in [0.25, 0.3) is 0 Å². The molecule has 3 aromatic carbocycles. The number of piperidine rings is 3. The second-order valence-electron chi connectivity index (χ2n) is 10.7.